The number of rotatable bonds is 12. The summed E-state index contributed by atoms with van der Waals surface area (Å²) in [6, 6.07) is -0.102. The summed E-state index contributed by atoms with van der Waals surface area (Å²) in [4.78, 5) is 23.9. The Hall–Kier alpha value is -2.23. The van der Waals surface area contributed by atoms with Crippen LogP contribution in [0, 0.1) is 0 Å². The molecule has 1 aliphatic heterocycles. The number of thioether (sulfide) groups is 1. The molecule has 1 rings (SSSR count). The van der Waals surface area contributed by atoms with Crippen LogP contribution in [0.3, 0.4) is 0 Å². The Morgan fingerprint density at radius 3 is 2.84 bits per heavy atom. The highest BCUT2D eigenvalue weighted by Crippen LogP contribution is 2.22. The number of carbonyl (C=O) groups is 1. The minimum absolute atomic E-state index is 0.00371. The fraction of sp³-hybridized carbons (Fsp3) is 0.571. The van der Waals surface area contributed by atoms with Gasteiger partial charge < -0.3 is 15.1 Å². The number of amides is 1. The molecular formula is C21H31F3N4O2S. The van der Waals surface area contributed by atoms with Crippen LogP contribution in [0.15, 0.2) is 46.3 Å². The first-order valence-electron chi connectivity index (χ1n) is 10.2. The lowest BCUT2D eigenvalue weighted by Gasteiger charge is -2.23. The largest absolute Gasteiger partial charge is 0.396 e. The SMILES string of the molecule is CCO/N=C(\CSCCCC(F)(F)F)C(=O)N(CC)/C(C)=C/NC1C=CC=CCN=C1. The van der Waals surface area contributed by atoms with Crippen molar-refractivity contribution >= 4 is 29.6 Å². The zero-order valence-electron chi connectivity index (χ0n) is 18.2. The molecule has 1 aliphatic rings. The first-order valence-corrected chi connectivity index (χ1v) is 11.3. The van der Waals surface area contributed by atoms with Gasteiger partial charge in [-0.3, -0.25) is 9.79 Å². The van der Waals surface area contributed by atoms with Gasteiger partial charge in [-0.1, -0.05) is 29.5 Å². The second-order valence-corrected chi connectivity index (χ2v) is 7.69. The summed E-state index contributed by atoms with van der Waals surface area (Å²) < 4.78 is 36.9. The highest BCUT2D eigenvalue weighted by Gasteiger charge is 2.26. The van der Waals surface area contributed by atoms with E-state index in [1.807, 2.05) is 31.2 Å². The topological polar surface area (TPSA) is 66.3 Å². The zero-order valence-corrected chi connectivity index (χ0v) is 19.0. The third-order valence-electron chi connectivity index (χ3n) is 4.05. The minimum atomic E-state index is -4.17. The first kappa shape index (κ1) is 26.8. The number of carbonyl (C=O) groups excluding carboxylic acids is 1. The monoisotopic (exact) mass is 460 g/mol. The smallest absolute Gasteiger partial charge is 0.389 e. The van der Waals surface area contributed by atoms with Crippen LogP contribution >= 0.6 is 11.8 Å². The minimum Gasteiger partial charge on any atom is -0.396 e. The summed E-state index contributed by atoms with van der Waals surface area (Å²) >= 11 is 1.23. The predicted molar refractivity (Wildman–Crippen MR) is 121 cm³/mol. The number of aliphatic imine (C=N–C) groups is 1. The molecule has 0 aliphatic carbocycles. The number of nitrogens with zero attached hydrogens (tertiary/aromatic N) is 3. The van der Waals surface area contributed by atoms with E-state index >= 15 is 0 Å². The summed E-state index contributed by atoms with van der Waals surface area (Å²) in [6.07, 6.45) is 6.27. The molecule has 0 spiro atoms. The maximum absolute atomic E-state index is 13.0. The molecule has 0 bridgehead atoms. The average molecular weight is 461 g/mol. The van der Waals surface area contributed by atoms with E-state index in [0.717, 1.165) is 0 Å². The molecule has 0 radical (unpaired) electrons. The maximum atomic E-state index is 13.0. The Morgan fingerprint density at radius 1 is 1.39 bits per heavy atom. The number of hydrogen-bond donors (Lipinski definition) is 1. The molecule has 31 heavy (non-hydrogen) atoms. The Labute approximate surface area is 186 Å². The zero-order chi connectivity index (χ0) is 23.1. The van der Waals surface area contributed by atoms with E-state index < -0.39 is 12.6 Å². The lowest BCUT2D eigenvalue weighted by Crippen LogP contribution is -2.37. The van der Waals surface area contributed by atoms with Gasteiger partial charge in [0.05, 0.1) is 12.6 Å². The van der Waals surface area contributed by atoms with Crippen molar-refractivity contribution in [2.45, 2.75) is 45.8 Å². The van der Waals surface area contributed by atoms with Gasteiger partial charge in [0.1, 0.15) is 6.61 Å². The van der Waals surface area contributed by atoms with Crippen LogP contribution in [0.4, 0.5) is 13.2 Å². The summed E-state index contributed by atoms with van der Waals surface area (Å²) in [5.74, 6) is 0.125. The van der Waals surface area contributed by atoms with Gasteiger partial charge in [0.2, 0.25) is 0 Å². The molecule has 1 amide bonds. The molecular weight excluding hydrogens is 429 g/mol. The van der Waals surface area contributed by atoms with Crippen LogP contribution in [0.25, 0.3) is 0 Å². The number of allylic oxidation sites excluding steroid dienone is 3. The third kappa shape index (κ3) is 11.7. The lowest BCUT2D eigenvalue weighted by atomic mass is 10.2. The molecule has 1 atom stereocenters. The predicted octanol–water partition coefficient (Wildman–Crippen LogP) is 4.32. The Bertz CT molecular complexity index is 703. The van der Waals surface area contributed by atoms with Crippen molar-refractivity contribution in [2.75, 3.05) is 31.2 Å². The Balaban J connectivity index is 2.75. The van der Waals surface area contributed by atoms with Crippen LogP contribution < -0.4 is 5.32 Å². The summed E-state index contributed by atoms with van der Waals surface area (Å²) in [6.45, 7) is 6.69. The van der Waals surface area contributed by atoms with E-state index in [1.165, 1.54) is 11.8 Å². The van der Waals surface area contributed by atoms with E-state index in [4.69, 9.17) is 4.84 Å². The standard InChI is InChI=1S/C21H31F3N4O2S/c1-4-28(17(3)14-26-18-10-7-6-8-12-25-15-18)20(29)19(27-30-5-2)16-31-13-9-11-21(22,23)24/h6-8,10,14-15,18,26H,4-5,9,11-13,16H2,1-3H3/b8-6?,10-7?,17-14+,25-15?,27-19+. The van der Waals surface area contributed by atoms with Crippen LogP contribution in [-0.2, 0) is 9.63 Å². The normalized spacial score (nSPS) is 17.3. The van der Waals surface area contributed by atoms with Crippen molar-refractivity contribution < 1.29 is 22.8 Å². The molecule has 0 aromatic heterocycles. The van der Waals surface area contributed by atoms with E-state index in [-0.39, 0.29) is 35.6 Å². The van der Waals surface area contributed by atoms with Gasteiger partial charge in [-0.2, -0.15) is 24.9 Å². The number of nitrogens with one attached hydrogen (secondary N) is 1. The van der Waals surface area contributed by atoms with Crippen LogP contribution in [0.1, 0.15) is 33.6 Å². The average Bonchev–Trinajstić information content (AvgIpc) is 2.68. The van der Waals surface area contributed by atoms with E-state index in [0.29, 0.717) is 25.4 Å². The molecule has 0 aromatic carbocycles. The highest BCUT2D eigenvalue weighted by atomic mass is 32.2. The molecule has 1 heterocycles. The second kappa shape index (κ2) is 14.7. The van der Waals surface area contributed by atoms with Crippen LogP contribution in [0.2, 0.25) is 0 Å². The number of halogens is 3. The lowest BCUT2D eigenvalue weighted by molar-refractivity contribution is -0.134. The molecule has 174 valence electrons. The Morgan fingerprint density at radius 2 is 2.16 bits per heavy atom. The van der Waals surface area contributed by atoms with Crippen molar-refractivity contribution in [3.8, 4) is 0 Å². The number of oxime groups is 1. The molecule has 0 fully saturated rings. The van der Waals surface area contributed by atoms with E-state index in [2.05, 4.69) is 15.5 Å². The fourth-order valence-electron chi connectivity index (χ4n) is 2.52. The van der Waals surface area contributed by atoms with Crippen molar-refractivity contribution in [3.63, 3.8) is 0 Å². The van der Waals surface area contributed by atoms with Crippen molar-refractivity contribution in [1.29, 1.82) is 0 Å². The van der Waals surface area contributed by atoms with Crippen LogP contribution in [-0.4, -0.2) is 66.2 Å². The third-order valence-corrected chi connectivity index (χ3v) is 5.11. The first-order chi connectivity index (χ1) is 14.8. The Kier molecular flexibility index (Phi) is 12.7. The van der Waals surface area contributed by atoms with E-state index in [1.54, 1.807) is 31.2 Å². The van der Waals surface area contributed by atoms with Gasteiger partial charge >= 0.3 is 6.18 Å². The number of alkyl halides is 3. The molecule has 1 N–H and O–H groups in total. The summed E-state index contributed by atoms with van der Waals surface area (Å²) in [7, 11) is 0. The van der Waals surface area contributed by atoms with Gasteiger partial charge in [0.15, 0.2) is 5.71 Å². The number of hydrogen-bond acceptors (Lipinski definition) is 6. The molecule has 10 heteroatoms. The molecule has 0 saturated carbocycles. The van der Waals surface area contributed by atoms with Gasteiger partial charge in [-0.05, 0) is 32.9 Å². The quantitative estimate of drug-likeness (QED) is 0.268. The summed E-state index contributed by atoms with van der Waals surface area (Å²) in [5.41, 5.74) is 0.851. The molecule has 1 unspecified atom stereocenters. The van der Waals surface area contributed by atoms with Crippen molar-refractivity contribution in [2.24, 2.45) is 10.1 Å². The molecule has 6 nitrogen and oxygen atoms in total. The molecule has 0 saturated heterocycles. The van der Waals surface area contributed by atoms with Crippen LogP contribution in [0.5, 0.6) is 0 Å². The van der Waals surface area contributed by atoms with E-state index in [9.17, 15) is 18.0 Å². The maximum Gasteiger partial charge on any atom is 0.389 e. The van der Waals surface area contributed by atoms with Gasteiger partial charge in [0.25, 0.3) is 5.91 Å². The van der Waals surface area contributed by atoms with Crippen molar-refractivity contribution in [3.05, 3.63) is 36.2 Å². The van der Waals surface area contributed by atoms with Crippen molar-refractivity contribution in [1.82, 2.24) is 10.2 Å². The van der Waals surface area contributed by atoms with Gasteiger partial charge in [-0.25, -0.2) is 0 Å². The highest BCUT2D eigenvalue weighted by molar-refractivity contribution is 8.00. The second-order valence-electron chi connectivity index (χ2n) is 6.58. The molecule has 0 aromatic rings. The fourth-order valence-corrected chi connectivity index (χ4v) is 3.39. The van der Waals surface area contributed by atoms with Gasteiger partial charge in [0, 0.05) is 36.8 Å². The van der Waals surface area contributed by atoms with Gasteiger partial charge in [-0.15, -0.1) is 0 Å². The summed E-state index contributed by atoms with van der Waals surface area (Å²) in [5, 5.41) is 7.11.